The Morgan fingerprint density at radius 1 is 0.727 bits per heavy atom. The molecule has 0 radical (unpaired) electrons. The van der Waals surface area contributed by atoms with Crippen LogP contribution in [0.1, 0.15) is 51.4 Å². The van der Waals surface area contributed by atoms with Gasteiger partial charge in [-0.05, 0) is 31.1 Å². The SMILES string of the molecule is C1CCC2(CC1)CCC2.CP. The van der Waals surface area contributed by atoms with Gasteiger partial charge in [0.15, 0.2) is 0 Å². The first-order valence-corrected chi connectivity index (χ1v) is 6.15. The summed E-state index contributed by atoms with van der Waals surface area (Å²) in [7, 11) is 2.42. The molecule has 0 bridgehead atoms. The Morgan fingerprint density at radius 2 is 1.18 bits per heavy atom. The third-order valence-electron chi connectivity index (χ3n) is 3.33. The average molecular weight is 172 g/mol. The lowest BCUT2D eigenvalue weighted by Gasteiger charge is -2.45. The topological polar surface area (TPSA) is 0 Å². The van der Waals surface area contributed by atoms with Crippen LogP contribution in [0.3, 0.4) is 0 Å². The molecule has 2 rings (SSSR count). The first-order chi connectivity index (χ1) is 5.41. The molecule has 0 aromatic carbocycles. The predicted octanol–water partition coefficient (Wildman–Crippen LogP) is 3.61. The summed E-state index contributed by atoms with van der Waals surface area (Å²) in [6.45, 7) is 1.92. The maximum atomic E-state index is 2.42. The monoisotopic (exact) mass is 172 g/mol. The Balaban J connectivity index is 0.000000281. The molecule has 0 nitrogen and oxygen atoms in total. The molecule has 0 N–H and O–H groups in total. The van der Waals surface area contributed by atoms with Crippen LogP contribution in [-0.4, -0.2) is 6.66 Å². The molecule has 1 heteroatoms. The second-order valence-corrected chi connectivity index (χ2v) is 3.91. The molecule has 2 aliphatic rings. The summed E-state index contributed by atoms with van der Waals surface area (Å²) in [4.78, 5) is 0. The smallest absolute Gasteiger partial charge is 0.0297 e. The Bertz CT molecular complexity index is 97.4. The van der Waals surface area contributed by atoms with Gasteiger partial charge in [0.1, 0.15) is 0 Å². The lowest BCUT2D eigenvalue weighted by atomic mass is 9.61. The highest BCUT2D eigenvalue weighted by Crippen LogP contribution is 2.51. The molecule has 0 amide bonds. The minimum atomic E-state index is 0.901. The lowest BCUT2D eigenvalue weighted by molar-refractivity contribution is 0.0775. The third kappa shape index (κ3) is 2.18. The molecule has 2 aliphatic carbocycles. The van der Waals surface area contributed by atoms with Crippen LogP contribution in [0.2, 0.25) is 0 Å². The number of hydrogen-bond acceptors (Lipinski definition) is 0. The van der Waals surface area contributed by atoms with Crippen molar-refractivity contribution in [3.63, 3.8) is 0 Å². The zero-order valence-corrected chi connectivity index (χ0v) is 8.89. The van der Waals surface area contributed by atoms with Crippen molar-refractivity contribution in [1.29, 1.82) is 0 Å². The summed E-state index contributed by atoms with van der Waals surface area (Å²) in [6.07, 6.45) is 12.3. The van der Waals surface area contributed by atoms with E-state index in [1.165, 1.54) is 25.7 Å². The molecule has 1 spiro atoms. The van der Waals surface area contributed by atoms with Crippen LogP contribution in [0.4, 0.5) is 0 Å². The highest BCUT2D eigenvalue weighted by Gasteiger charge is 2.37. The van der Waals surface area contributed by atoms with E-state index in [-0.39, 0.29) is 0 Å². The van der Waals surface area contributed by atoms with Crippen molar-refractivity contribution >= 4 is 9.24 Å². The second kappa shape index (κ2) is 4.45. The van der Waals surface area contributed by atoms with Crippen molar-refractivity contribution in [2.75, 3.05) is 6.66 Å². The molecule has 2 fully saturated rings. The summed E-state index contributed by atoms with van der Waals surface area (Å²) in [6, 6.07) is 0. The number of rotatable bonds is 0. The van der Waals surface area contributed by atoms with Gasteiger partial charge in [0, 0.05) is 0 Å². The second-order valence-electron chi connectivity index (χ2n) is 3.91. The standard InChI is InChI=1S/C9H16.CH5P/c1-2-5-9(6-3-1)7-4-8-9;1-2/h1-8H2;2H2,1H3. The van der Waals surface area contributed by atoms with Crippen LogP contribution in [-0.2, 0) is 0 Å². The fraction of sp³-hybridized carbons (Fsp3) is 1.00. The number of hydrogen-bond donors (Lipinski definition) is 0. The highest BCUT2D eigenvalue weighted by molar-refractivity contribution is 7.15. The van der Waals surface area contributed by atoms with Crippen molar-refractivity contribution < 1.29 is 0 Å². The average Bonchev–Trinajstić information content (AvgIpc) is 2.07. The minimum Gasteiger partial charge on any atom is -0.141 e. The normalized spacial score (nSPS) is 26.7. The van der Waals surface area contributed by atoms with Crippen molar-refractivity contribution in [3.05, 3.63) is 0 Å². The maximum absolute atomic E-state index is 2.42. The van der Waals surface area contributed by atoms with Crippen LogP contribution in [0.25, 0.3) is 0 Å². The van der Waals surface area contributed by atoms with Crippen molar-refractivity contribution in [1.82, 2.24) is 0 Å². The van der Waals surface area contributed by atoms with E-state index in [1.807, 2.05) is 6.66 Å². The molecule has 0 aromatic heterocycles. The molecule has 1 unspecified atom stereocenters. The van der Waals surface area contributed by atoms with Gasteiger partial charge in [0.25, 0.3) is 0 Å². The Hall–Kier alpha value is 0.430. The first-order valence-electron chi connectivity index (χ1n) is 4.99. The van der Waals surface area contributed by atoms with Crippen molar-refractivity contribution in [2.24, 2.45) is 5.41 Å². The third-order valence-corrected chi connectivity index (χ3v) is 3.33. The van der Waals surface area contributed by atoms with Crippen LogP contribution >= 0.6 is 9.24 Å². The molecular weight excluding hydrogens is 151 g/mol. The van der Waals surface area contributed by atoms with E-state index in [9.17, 15) is 0 Å². The molecular formula is C10H21P. The molecule has 2 saturated carbocycles. The van der Waals surface area contributed by atoms with Gasteiger partial charge in [-0.1, -0.05) is 32.3 Å². The van der Waals surface area contributed by atoms with Gasteiger partial charge < -0.3 is 0 Å². The van der Waals surface area contributed by atoms with Crippen molar-refractivity contribution in [3.8, 4) is 0 Å². The van der Waals surface area contributed by atoms with E-state index in [0.717, 1.165) is 5.41 Å². The van der Waals surface area contributed by atoms with E-state index in [4.69, 9.17) is 0 Å². The molecule has 0 aromatic rings. The summed E-state index contributed by atoms with van der Waals surface area (Å²) in [5.74, 6) is 0. The Kier molecular flexibility index (Phi) is 3.85. The molecule has 0 heterocycles. The van der Waals surface area contributed by atoms with E-state index >= 15 is 0 Å². The quantitative estimate of drug-likeness (QED) is 0.490. The van der Waals surface area contributed by atoms with Gasteiger partial charge in [-0.15, -0.1) is 9.24 Å². The summed E-state index contributed by atoms with van der Waals surface area (Å²) < 4.78 is 0. The van der Waals surface area contributed by atoms with E-state index in [2.05, 4.69) is 9.24 Å². The van der Waals surface area contributed by atoms with Gasteiger partial charge in [0.05, 0.1) is 0 Å². The van der Waals surface area contributed by atoms with Crippen LogP contribution < -0.4 is 0 Å². The van der Waals surface area contributed by atoms with Gasteiger partial charge in [0.2, 0.25) is 0 Å². The zero-order chi connectivity index (χ0) is 8.16. The maximum Gasteiger partial charge on any atom is -0.0297 e. The van der Waals surface area contributed by atoms with E-state index in [0.29, 0.717) is 0 Å². The fourth-order valence-corrected chi connectivity index (χ4v) is 2.48. The lowest BCUT2D eigenvalue weighted by Crippen LogP contribution is -2.31. The van der Waals surface area contributed by atoms with E-state index in [1.54, 1.807) is 25.7 Å². The van der Waals surface area contributed by atoms with Crippen LogP contribution in [0.15, 0.2) is 0 Å². The summed E-state index contributed by atoms with van der Waals surface area (Å²) in [5, 5.41) is 0. The molecule has 66 valence electrons. The van der Waals surface area contributed by atoms with Gasteiger partial charge >= 0.3 is 0 Å². The largest absolute Gasteiger partial charge is 0.141 e. The first kappa shape index (κ1) is 9.52. The minimum absolute atomic E-state index is 0.901. The molecule has 0 saturated heterocycles. The van der Waals surface area contributed by atoms with Gasteiger partial charge in [-0.2, -0.15) is 0 Å². The fourth-order valence-electron chi connectivity index (χ4n) is 2.48. The van der Waals surface area contributed by atoms with E-state index < -0.39 is 0 Å². The van der Waals surface area contributed by atoms with Crippen LogP contribution in [0, 0.1) is 5.41 Å². The summed E-state index contributed by atoms with van der Waals surface area (Å²) >= 11 is 0. The predicted molar refractivity (Wildman–Crippen MR) is 55.0 cm³/mol. The Morgan fingerprint density at radius 3 is 1.45 bits per heavy atom. The zero-order valence-electron chi connectivity index (χ0n) is 7.73. The summed E-state index contributed by atoms with van der Waals surface area (Å²) in [5.41, 5.74) is 0.901. The van der Waals surface area contributed by atoms with Crippen molar-refractivity contribution in [2.45, 2.75) is 51.4 Å². The van der Waals surface area contributed by atoms with Gasteiger partial charge in [-0.25, -0.2) is 0 Å². The Labute approximate surface area is 73.3 Å². The van der Waals surface area contributed by atoms with Crippen LogP contribution in [0.5, 0.6) is 0 Å². The highest BCUT2D eigenvalue weighted by atomic mass is 31.0. The van der Waals surface area contributed by atoms with Gasteiger partial charge in [-0.3, -0.25) is 0 Å². The molecule has 1 atom stereocenters. The molecule has 11 heavy (non-hydrogen) atoms. The molecule has 0 aliphatic heterocycles.